The van der Waals surface area contributed by atoms with Gasteiger partial charge < -0.3 is 40.0 Å². The third-order valence-corrected chi connectivity index (χ3v) is 7.46. The summed E-state index contributed by atoms with van der Waals surface area (Å²) in [5, 5.41) is 11.6. The van der Waals surface area contributed by atoms with Crippen molar-refractivity contribution in [1.29, 1.82) is 0 Å². The molecule has 260 valence electrons. The number of benzene rings is 2. The summed E-state index contributed by atoms with van der Waals surface area (Å²) in [6, 6.07) is 14.4. The number of alkyl carbamates (subject to hydrolysis) is 2. The summed E-state index contributed by atoms with van der Waals surface area (Å²) in [4.78, 5) is 73.3. The zero-order valence-electron chi connectivity index (χ0n) is 27.7. The number of para-hydroxylation sites is 2. The Morgan fingerprint density at radius 1 is 0.646 bits per heavy atom. The zero-order chi connectivity index (χ0) is 34.9. The Bertz CT molecular complexity index is 1540. The van der Waals surface area contributed by atoms with Crippen molar-refractivity contribution in [3.05, 3.63) is 58.8 Å². The minimum absolute atomic E-state index is 0.0771. The fourth-order valence-electron chi connectivity index (χ4n) is 4.84. The summed E-state index contributed by atoms with van der Waals surface area (Å²) in [7, 11) is 0. The molecule has 0 radical (unpaired) electrons. The van der Waals surface area contributed by atoms with Gasteiger partial charge in [0.15, 0.2) is 5.43 Å². The average Bonchev–Trinajstić information content (AvgIpc) is 3.07. The molecule has 0 fully saturated rings. The van der Waals surface area contributed by atoms with Crippen molar-refractivity contribution in [1.82, 2.24) is 25.8 Å². The molecule has 0 bridgehead atoms. The van der Waals surface area contributed by atoms with Crippen LogP contribution in [0.2, 0.25) is 0 Å². The van der Waals surface area contributed by atoms with E-state index < -0.39 is 36.8 Å². The second-order valence-corrected chi connectivity index (χ2v) is 11.6. The van der Waals surface area contributed by atoms with Crippen LogP contribution in [-0.4, -0.2) is 80.5 Å². The van der Waals surface area contributed by atoms with E-state index >= 15 is 0 Å². The first kappa shape index (κ1) is 37.3. The molecular weight excluding hydrogens is 622 g/mol. The number of carbonyl (C=O) groups excluding carboxylic acids is 5. The summed E-state index contributed by atoms with van der Waals surface area (Å²) in [5.41, 5.74) is -0.254. The molecule has 3 aromatic rings. The number of carbonyl (C=O) groups is 5. The molecule has 2 aromatic carbocycles. The number of esters is 1. The van der Waals surface area contributed by atoms with Gasteiger partial charge in [-0.3, -0.25) is 19.2 Å². The lowest BCUT2D eigenvalue weighted by atomic mass is 9.93. The van der Waals surface area contributed by atoms with E-state index in [1.807, 2.05) is 28.8 Å². The summed E-state index contributed by atoms with van der Waals surface area (Å²) >= 11 is 0. The highest BCUT2D eigenvalue weighted by molar-refractivity contribution is 5.93. The van der Waals surface area contributed by atoms with Crippen LogP contribution in [0.15, 0.2) is 53.3 Å². The second-order valence-electron chi connectivity index (χ2n) is 11.6. The fourth-order valence-corrected chi connectivity index (χ4v) is 4.84. The first-order chi connectivity index (χ1) is 23.0. The van der Waals surface area contributed by atoms with Crippen LogP contribution in [0.25, 0.3) is 21.8 Å². The highest BCUT2D eigenvalue weighted by atomic mass is 16.6. The Labute approximate surface area is 278 Å². The van der Waals surface area contributed by atoms with Gasteiger partial charge >= 0.3 is 18.2 Å². The average molecular weight is 668 g/mol. The predicted octanol–water partition coefficient (Wildman–Crippen LogP) is 2.99. The molecule has 0 aliphatic heterocycles. The van der Waals surface area contributed by atoms with Crippen LogP contribution in [0.4, 0.5) is 9.59 Å². The molecule has 14 nitrogen and oxygen atoms in total. The molecule has 0 unspecified atom stereocenters. The topological polar surface area (TPSA) is 183 Å². The van der Waals surface area contributed by atoms with E-state index in [4.69, 9.17) is 14.2 Å². The largest absolute Gasteiger partial charge is 0.463 e. The van der Waals surface area contributed by atoms with Gasteiger partial charge in [0.1, 0.15) is 25.2 Å². The molecule has 14 heteroatoms. The molecule has 3 rings (SSSR count). The number of nitrogens with one attached hydrogen (secondary N) is 4. The number of rotatable bonds is 18. The van der Waals surface area contributed by atoms with E-state index in [2.05, 4.69) is 21.3 Å². The van der Waals surface area contributed by atoms with Gasteiger partial charge in [0, 0.05) is 50.8 Å². The van der Waals surface area contributed by atoms with E-state index in [0.717, 1.165) is 0 Å². The smallest absolute Gasteiger partial charge is 0.407 e. The van der Waals surface area contributed by atoms with E-state index in [-0.39, 0.29) is 30.4 Å². The van der Waals surface area contributed by atoms with Crippen LogP contribution >= 0.6 is 0 Å². The molecule has 48 heavy (non-hydrogen) atoms. The van der Waals surface area contributed by atoms with Crippen LogP contribution < -0.4 is 26.7 Å². The van der Waals surface area contributed by atoms with Gasteiger partial charge in [-0.25, -0.2) is 9.59 Å². The van der Waals surface area contributed by atoms with E-state index in [1.165, 1.54) is 20.8 Å². The summed E-state index contributed by atoms with van der Waals surface area (Å²) in [6.07, 6.45) is 0.973. The standard InChI is InChI=1S/C34H45N5O9/c1-24(40)35-16-8-10-18-37-32(44)47-22-34(3,23-48-33(45)38-19-11-9-17-36-25(2)41)31(43)46-21-20-39-28-14-6-4-12-26(28)30(42)27-13-5-7-15-29(27)39/h4-7,12-15H,8-11,16-23H2,1-3H3,(H,35,40)(H,36,41)(H,37,44)(H,38,45). The van der Waals surface area contributed by atoms with Crippen molar-refractivity contribution in [3.8, 4) is 0 Å². The number of pyridine rings is 1. The van der Waals surface area contributed by atoms with Crippen molar-refractivity contribution in [2.45, 2.75) is 53.0 Å². The number of aromatic nitrogens is 1. The monoisotopic (exact) mass is 667 g/mol. The number of nitrogens with zero attached hydrogens (tertiary/aromatic N) is 1. The predicted molar refractivity (Wildman–Crippen MR) is 179 cm³/mol. The Kier molecular flexibility index (Phi) is 14.7. The Morgan fingerprint density at radius 3 is 1.50 bits per heavy atom. The van der Waals surface area contributed by atoms with E-state index in [0.29, 0.717) is 73.7 Å². The molecule has 4 N–H and O–H groups in total. The quantitative estimate of drug-likeness (QED) is 0.0686. The van der Waals surface area contributed by atoms with Gasteiger partial charge in [-0.05, 0) is 56.9 Å². The third kappa shape index (κ3) is 11.6. The van der Waals surface area contributed by atoms with Crippen molar-refractivity contribution in [3.63, 3.8) is 0 Å². The van der Waals surface area contributed by atoms with Gasteiger partial charge in [-0.1, -0.05) is 24.3 Å². The van der Waals surface area contributed by atoms with Crippen LogP contribution in [0.3, 0.4) is 0 Å². The van der Waals surface area contributed by atoms with Crippen molar-refractivity contribution in [2.24, 2.45) is 5.41 Å². The number of unbranched alkanes of at least 4 members (excludes halogenated alkanes) is 2. The molecular formula is C34H45N5O9. The molecule has 4 amide bonds. The number of hydrogen-bond acceptors (Lipinski definition) is 9. The van der Waals surface area contributed by atoms with Gasteiger partial charge in [-0.2, -0.15) is 0 Å². The van der Waals surface area contributed by atoms with Crippen LogP contribution in [0.5, 0.6) is 0 Å². The SMILES string of the molecule is CC(=O)NCCCCNC(=O)OCC(C)(COC(=O)NCCCCNC(C)=O)C(=O)OCCn1c2ccccc2c(=O)c2ccccc21. The van der Waals surface area contributed by atoms with Crippen LogP contribution in [0, 0.1) is 5.41 Å². The fraction of sp³-hybridized carbons (Fsp3) is 0.471. The highest BCUT2D eigenvalue weighted by Gasteiger charge is 2.39. The number of ether oxygens (including phenoxy) is 3. The lowest BCUT2D eigenvalue weighted by Gasteiger charge is -2.27. The van der Waals surface area contributed by atoms with Gasteiger partial charge in [0.05, 0.1) is 17.6 Å². The maximum Gasteiger partial charge on any atom is 0.407 e. The lowest BCUT2D eigenvalue weighted by Crippen LogP contribution is -2.43. The second kappa shape index (κ2) is 18.9. The highest BCUT2D eigenvalue weighted by Crippen LogP contribution is 2.22. The number of hydrogen-bond donors (Lipinski definition) is 4. The first-order valence-corrected chi connectivity index (χ1v) is 16.0. The Balaban J connectivity index is 1.62. The maximum absolute atomic E-state index is 13.5. The Hall–Kier alpha value is -5.14. The molecule has 0 aliphatic carbocycles. The summed E-state index contributed by atoms with van der Waals surface area (Å²) in [5.74, 6) is -1.01. The summed E-state index contributed by atoms with van der Waals surface area (Å²) < 4.78 is 18.2. The summed E-state index contributed by atoms with van der Waals surface area (Å²) in [6.45, 7) is 5.16. The zero-order valence-corrected chi connectivity index (χ0v) is 27.7. The molecule has 1 heterocycles. The van der Waals surface area contributed by atoms with E-state index in [1.54, 1.807) is 24.3 Å². The maximum atomic E-state index is 13.5. The minimum atomic E-state index is -1.54. The van der Waals surface area contributed by atoms with Gasteiger partial charge in [0.2, 0.25) is 11.8 Å². The molecule has 1 aromatic heterocycles. The van der Waals surface area contributed by atoms with Crippen LogP contribution in [0.1, 0.15) is 46.5 Å². The lowest BCUT2D eigenvalue weighted by molar-refractivity contribution is -0.160. The number of fused-ring (bicyclic) bond motifs is 2. The van der Waals surface area contributed by atoms with Crippen molar-refractivity contribution in [2.75, 3.05) is 46.0 Å². The normalized spacial score (nSPS) is 11.1. The van der Waals surface area contributed by atoms with Crippen molar-refractivity contribution >= 4 is 51.8 Å². The van der Waals surface area contributed by atoms with Crippen molar-refractivity contribution < 1.29 is 38.2 Å². The van der Waals surface area contributed by atoms with Gasteiger partial charge in [-0.15, -0.1) is 0 Å². The first-order valence-electron chi connectivity index (χ1n) is 16.0. The molecule has 0 saturated heterocycles. The molecule has 0 saturated carbocycles. The van der Waals surface area contributed by atoms with Gasteiger partial charge in [0.25, 0.3) is 0 Å². The molecule has 0 spiro atoms. The molecule has 0 aliphatic rings. The minimum Gasteiger partial charge on any atom is -0.463 e. The van der Waals surface area contributed by atoms with E-state index in [9.17, 15) is 28.8 Å². The Morgan fingerprint density at radius 2 is 1.06 bits per heavy atom. The molecule has 0 atom stereocenters. The third-order valence-electron chi connectivity index (χ3n) is 7.46. The number of amides is 4. The van der Waals surface area contributed by atoms with Crippen LogP contribution in [-0.2, 0) is 35.1 Å².